The summed E-state index contributed by atoms with van der Waals surface area (Å²) < 4.78 is 11.6. The summed E-state index contributed by atoms with van der Waals surface area (Å²) >= 11 is 0. The average Bonchev–Trinajstić information content (AvgIpc) is 3.67. The number of esters is 1. The van der Waals surface area contributed by atoms with Crippen molar-refractivity contribution in [1.82, 2.24) is 15.5 Å². The lowest BCUT2D eigenvalue weighted by atomic mass is 9.46. The highest BCUT2D eigenvalue weighted by atomic mass is 16.5. The van der Waals surface area contributed by atoms with Gasteiger partial charge < -0.3 is 25.2 Å². The van der Waals surface area contributed by atoms with Gasteiger partial charge in [0, 0.05) is 37.7 Å². The lowest BCUT2D eigenvalue weighted by molar-refractivity contribution is -0.135. The maximum atomic E-state index is 12.9. The van der Waals surface area contributed by atoms with E-state index in [4.69, 9.17) is 9.47 Å². The van der Waals surface area contributed by atoms with E-state index in [0.29, 0.717) is 17.9 Å². The number of phenols is 1. The molecule has 1 amide bonds. The first-order valence-corrected chi connectivity index (χ1v) is 14.3. The van der Waals surface area contributed by atoms with Gasteiger partial charge in [-0.25, -0.2) is 4.79 Å². The fourth-order valence-corrected chi connectivity index (χ4v) is 8.43. The Morgan fingerprint density at radius 2 is 1.92 bits per heavy atom. The smallest absolute Gasteiger partial charge is 0.337 e. The highest BCUT2D eigenvalue weighted by Crippen LogP contribution is 2.65. The molecule has 206 valence electrons. The number of rotatable bonds is 7. The zero-order chi connectivity index (χ0) is 26.9. The monoisotopic (exact) mass is 531 g/mol. The number of carbonyl (C=O) groups excluding carboxylic acids is 2. The molecule has 0 unspecified atom stereocenters. The number of piperidine rings is 1. The van der Waals surface area contributed by atoms with Gasteiger partial charge >= 0.3 is 5.97 Å². The molecular weight excluding hydrogens is 494 g/mol. The fraction of sp³-hybridized carbons (Fsp3) is 0.548. The van der Waals surface area contributed by atoms with Crippen LogP contribution in [-0.2, 0) is 27.9 Å². The van der Waals surface area contributed by atoms with Gasteiger partial charge in [0.25, 0.3) is 0 Å². The second-order valence-electron chi connectivity index (χ2n) is 12.2. The summed E-state index contributed by atoms with van der Waals surface area (Å²) in [6, 6.07) is 11.6. The molecule has 0 aromatic heterocycles. The molecule has 1 spiro atoms. The molecule has 1 saturated heterocycles. The van der Waals surface area contributed by atoms with E-state index in [1.807, 2.05) is 12.1 Å². The van der Waals surface area contributed by atoms with Crippen molar-refractivity contribution in [3.05, 3.63) is 58.7 Å². The van der Waals surface area contributed by atoms with Gasteiger partial charge in [-0.3, -0.25) is 9.69 Å². The number of aromatic hydroxyl groups is 1. The van der Waals surface area contributed by atoms with Crippen molar-refractivity contribution in [2.45, 2.75) is 81.1 Å². The van der Waals surface area contributed by atoms with Gasteiger partial charge in [0.1, 0.15) is 6.10 Å². The molecule has 3 aliphatic carbocycles. The highest BCUT2D eigenvalue weighted by molar-refractivity contribution is 5.89. The van der Waals surface area contributed by atoms with E-state index in [2.05, 4.69) is 21.6 Å². The normalized spacial score (nSPS) is 32.2. The van der Waals surface area contributed by atoms with Gasteiger partial charge in [-0.15, -0.1) is 0 Å². The lowest BCUT2D eigenvalue weighted by Gasteiger charge is -2.66. The zero-order valence-electron chi connectivity index (χ0n) is 22.7. The molecule has 0 radical (unpaired) electrons. The standard InChI is InChI=1S/C31H37N3O5/c1-18(35)33-31-12-11-23(32-16-19-5-7-21(8-6-19)29(37)38-2)28-30(31)13-14-34(17-20-3-4-20)25(31)15-22-9-10-24(36)27(39-28)26(22)30/h5-10,20,23,25,28,32,36H,3-4,11-17H2,1-2H3,(H,33,35)/t23-,25-,28+,30+,31-/m1/s1. The molecule has 2 heterocycles. The Labute approximate surface area is 229 Å². The van der Waals surface area contributed by atoms with Crippen LogP contribution in [-0.4, -0.2) is 65.8 Å². The molecule has 7 rings (SSSR count). The average molecular weight is 532 g/mol. The third kappa shape index (κ3) is 3.64. The molecule has 8 nitrogen and oxygen atoms in total. The first-order chi connectivity index (χ1) is 18.9. The maximum Gasteiger partial charge on any atom is 0.337 e. The fourth-order valence-electron chi connectivity index (χ4n) is 8.43. The number of nitrogens with one attached hydrogen (secondary N) is 2. The van der Waals surface area contributed by atoms with Crippen LogP contribution in [0.1, 0.15) is 66.1 Å². The molecule has 3 fully saturated rings. The van der Waals surface area contributed by atoms with Gasteiger partial charge in [0.2, 0.25) is 5.91 Å². The van der Waals surface area contributed by atoms with Crippen molar-refractivity contribution in [2.24, 2.45) is 5.92 Å². The summed E-state index contributed by atoms with van der Waals surface area (Å²) in [6.07, 6.45) is 5.84. The summed E-state index contributed by atoms with van der Waals surface area (Å²) in [5, 5.41) is 18.3. The maximum absolute atomic E-state index is 12.9. The Kier molecular flexibility index (Phi) is 5.72. The van der Waals surface area contributed by atoms with Gasteiger partial charge in [0.05, 0.1) is 23.6 Å². The SMILES string of the molecule is COC(=O)c1ccc(CN[C@@H]2CC[C@@]3(NC(C)=O)[C@H]4Cc5ccc(O)c6c5[C@@]3(CCN4CC3CC3)[C@H]2O6)cc1. The van der Waals surface area contributed by atoms with Crippen LogP contribution in [0, 0.1) is 5.92 Å². The first-order valence-electron chi connectivity index (χ1n) is 14.3. The number of carbonyl (C=O) groups is 2. The van der Waals surface area contributed by atoms with E-state index < -0.39 is 11.0 Å². The molecule has 5 atom stereocenters. The molecule has 5 aliphatic rings. The van der Waals surface area contributed by atoms with E-state index >= 15 is 0 Å². The number of methoxy groups -OCH3 is 1. The van der Waals surface area contributed by atoms with Crippen molar-refractivity contribution in [1.29, 1.82) is 0 Å². The van der Waals surface area contributed by atoms with Crippen molar-refractivity contribution in [3.63, 3.8) is 0 Å². The lowest BCUT2D eigenvalue weighted by Crippen LogP contribution is -2.82. The van der Waals surface area contributed by atoms with Crippen molar-refractivity contribution >= 4 is 11.9 Å². The molecule has 2 bridgehead atoms. The number of benzene rings is 2. The van der Waals surface area contributed by atoms with Crippen molar-refractivity contribution in [2.75, 3.05) is 20.2 Å². The number of ether oxygens (including phenoxy) is 2. The second-order valence-corrected chi connectivity index (χ2v) is 12.2. The van der Waals surface area contributed by atoms with E-state index in [0.717, 1.165) is 55.8 Å². The van der Waals surface area contributed by atoms with Gasteiger partial charge in [-0.2, -0.15) is 0 Å². The molecule has 39 heavy (non-hydrogen) atoms. The Morgan fingerprint density at radius 1 is 1.13 bits per heavy atom. The van der Waals surface area contributed by atoms with E-state index in [1.165, 1.54) is 25.5 Å². The number of hydrogen-bond acceptors (Lipinski definition) is 7. The number of likely N-dealkylation sites (tertiary alicyclic amines) is 1. The second kappa shape index (κ2) is 8.96. The van der Waals surface area contributed by atoms with E-state index in [-0.39, 0.29) is 35.8 Å². The van der Waals surface area contributed by atoms with Crippen LogP contribution in [0.5, 0.6) is 11.5 Å². The van der Waals surface area contributed by atoms with Crippen molar-refractivity contribution in [3.8, 4) is 11.5 Å². The Hall–Kier alpha value is -3.10. The van der Waals surface area contributed by atoms with Crippen LogP contribution in [0.4, 0.5) is 0 Å². The first kappa shape index (κ1) is 24.9. The van der Waals surface area contributed by atoms with E-state index in [1.54, 1.807) is 25.1 Å². The van der Waals surface area contributed by atoms with Crippen LogP contribution in [0.3, 0.4) is 0 Å². The Balaban J connectivity index is 1.25. The molecule has 8 heteroatoms. The van der Waals surface area contributed by atoms with Crippen LogP contribution in [0.25, 0.3) is 0 Å². The largest absolute Gasteiger partial charge is 0.504 e. The Morgan fingerprint density at radius 3 is 2.64 bits per heavy atom. The molecule has 2 aromatic rings. The number of phenolic OH excluding ortho intramolecular Hbond substituents is 1. The van der Waals surface area contributed by atoms with Gasteiger partial charge in [-0.1, -0.05) is 18.2 Å². The molecule has 2 aromatic carbocycles. The predicted octanol–water partition coefficient (Wildman–Crippen LogP) is 3.05. The highest BCUT2D eigenvalue weighted by Gasteiger charge is 2.73. The predicted molar refractivity (Wildman–Crippen MR) is 145 cm³/mol. The summed E-state index contributed by atoms with van der Waals surface area (Å²) in [7, 11) is 1.39. The van der Waals surface area contributed by atoms with Gasteiger partial charge in [0.15, 0.2) is 11.5 Å². The molecular formula is C31H37N3O5. The van der Waals surface area contributed by atoms with Crippen LogP contribution < -0.4 is 15.4 Å². The third-order valence-electron chi connectivity index (χ3n) is 10.2. The number of hydrogen-bond donors (Lipinski definition) is 3. The number of nitrogens with zero attached hydrogens (tertiary/aromatic N) is 1. The number of amides is 1. The molecule has 2 saturated carbocycles. The molecule has 3 N–H and O–H groups in total. The minimum absolute atomic E-state index is 0.000514. The summed E-state index contributed by atoms with van der Waals surface area (Å²) in [6.45, 7) is 4.33. The minimum atomic E-state index is -0.441. The van der Waals surface area contributed by atoms with Crippen LogP contribution >= 0.6 is 0 Å². The van der Waals surface area contributed by atoms with E-state index in [9.17, 15) is 14.7 Å². The Bertz CT molecular complexity index is 1320. The third-order valence-corrected chi connectivity index (χ3v) is 10.2. The quantitative estimate of drug-likeness (QED) is 0.473. The van der Waals surface area contributed by atoms with Crippen LogP contribution in [0.2, 0.25) is 0 Å². The van der Waals surface area contributed by atoms with Gasteiger partial charge in [-0.05, 0) is 80.3 Å². The zero-order valence-corrected chi connectivity index (χ0v) is 22.7. The summed E-state index contributed by atoms with van der Waals surface area (Å²) in [4.78, 5) is 27.3. The van der Waals surface area contributed by atoms with Crippen molar-refractivity contribution < 1.29 is 24.2 Å². The topological polar surface area (TPSA) is 100 Å². The molecule has 2 aliphatic heterocycles. The minimum Gasteiger partial charge on any atom is -0.504 e. The van der Waals surface area contributed by atoms with Crippen LogP contribution in [0.15, 0.2) is 36.4 Å². The summed E-state index contributed by atoms with van der Waals surface area (Å²) in [5.74, 6) is 1.22. The summed E-state index contributed by atoms with van der Waals surface area (Å²) in [5.41, 5.74) is 3.12.